The number of carboxylic acid groups (broad SMARTS) is 1. The number of thiocarbonyl (C=S) groups is 1. The van der Waals surface area contributed by atoms with Crippen LogP contribution in [0.1, 0.15) is 19.8 Å². The first-order valence-electron chi connectivity index (χ1n) is 7.40. The van der Waals surface area contributed by atoms with Gasteiger partial charge in [-0.05, 0) is 0 Å². The van der Waals surface area contributed by atoms with Gasteiger partial charge in [-0.15, -0.1) is 11.8 Å². The summed E-state index contributed by atoms with van der Waals surface area (Å²) in [5.41, 5.74) is 0.0136. The molecule has 144 valence electrons. The quantitative estimate of drug-likeness (QED) is 0.384. The van der Waals surface area contributed by atoms with E-state index in [0.29, 0.717) is 0 Å². The molecule has 0 spiro atoms. The lowest BCUT2D eigenvalue weighted by Gasteiger charge is -2.49. The van der Waals surface area contributed by atoms with E-state index in [4.69, 9.17) is 17.0 Å². The van der Waals surface area contributed by atoms with E-state index in [1.54, 1.807) is 0 Å². The molecule has 0 aliphatic carbocycles. The number of hydrogen-bond donors (Lipinski definition) is 2. The van der Waals surface area contributed by atoms with Crippen LogP contribution in [0.2, 0.25) is 0 Å². The highest BCUT2D eigenvalue weighted by atomic mass is 32.2. The lowest BCUT2D eigenvalue weighted by Crippen LogP contribution is -2.70. The number of alkyl halides is 3. The number of esters is 1. The number of hydrogen-bond acceptors (Lipinski definition) is 6. The third-order valence-electron chi connectivity index (χ3n) is 3.65. The second-order valence-corrected chi connectivity index (χ2v) is 7.21. The number of nitrogens with one attached hydrogen (secondary N) is 1. The molecule has 2 heterocycles. The van der Waals surface area contributed by atoms with Crippen molar-refractivity contribution in [3.05, 3.63) is 11.3 Å². The van der Waals surface area contributed by atoms with Gasteiger partial charge in [-0.25, -0.2) is 4.79 Å². The van der Waals surface area contributed by atoms with Crippen molar-refractivity contribution < 1.29 is 37.4 Å². The molecule has 0 bridgehead atoms. The number of amides is 1. The Morgan fingerprint density at radius 2 is 2.12 bits per heavy atom. The molecule has 12 heteroatoms. The molecule has 2 N–H and O–H groups in total. The number of carboxylic acids is 1. The van der Waals surface area contributed by atoms with Crippen LogP contribution in [-0.2, 0) is 19.1 Å². The highest BCUT2D eigenvalue weighted by Gasteiger charge is 2.54. The zero-order valence-corrected chi connectivity index (χ0v) is 15.1. The molecule has 0 aromatic carbocycles. The van der Waals surface area contributed by atoms with Crippen LogP contribution >= 0.6 is 24.0 Å². The molecule has 0 unspecified atom stereocenters. The van der Waals surface area contributed by atoms with E-state index in [0.717, 1.165) is 4.90 Å². The van der Waals surface area contributed by atoms with Crippen molar-refractivity contribution in [2.45, 2.75) is 37.4 Å². The van der Waals surface area contributed by atoms with Crippen molar-refractivity contribution in [1.82, 2.24) is 10.2 Å². The summed E-state index contributed by atoms with van der Waals surface area (Å²) in [6.07, 6.45) is -5.90. The summed E-state index contributed by atoms with van der Waals surface area (Å²) >= 11 is 6.06. The second kappa shape index (κ2) is 7.82. The fourth-order valence-corrected chi connectivity index (χ4v) is 4.04. The van der Waals surface area contributed by atoms with Crippen LogP contribution < -0.4 is 5.32 Å². The molecule has 1 amide bonds. The second-order valence-electron chi connectivity index (χ2n) is 5.61. The van der Waals surface area contributed by atoms with Gasteiger partial charge in [0.15, 0.2) is 0 Å². The maximum atomic E-state index is 12.3. The van der Waals surface area contributed by atoms with Crippen LogP contribution in [0.5, 0.6) is 0 Å². The number of aliphatic carboxylic acids is 1. The Bertz CT molecular complexity index is 680. The van der Waals surface area contributed by atoms with E-state index < -0.39 is 48.3 Å². The summed E-state index contributed by atoms with van der Waals surface area (Å²) in [5, 5.41) is 11.4. The largest absolute Gasteiger partial charge is 0.477 e. The van der Waals surface area contributed by atoms with E-state index >= 15 is 0 Å². The predicted octanol–water partition coefficient (Wildman–Crippen LogP) is 1.43. The third kappa shape index (κ3) is 4.67. The van der Waals surface area contributed by atoms with Crippen molar-refractivity contribution in [2.75, 3.05) is 12.4 Å². The van der Waals surface area contributed by atoms with Crippen molar-refractivity contribution in [2.24, 2.45) is 0 Å². The van der Waals surface area contributed by atoms with Gasteiger partial charge in [0, 0.05) is 31.1 Å². The standard InChI is InChI=1S/C14H15F3N2O5S2/c1-6(20)24-4-7-5-26-12-9(11(21)19(12)10(7)13(22)23)18-8(25)2-3-14(15,16)17/h9,12H,2-5H2,1H3,(H,18,25)(H,22,23)/t9-,12+/m0/s1. The van der Waals surface area contributed by atoms with E-state index in [-0.39, 0.29) is 28.6 Å². The molecular formula is C14H15F3N2O5S2. The monoisotopic (exact) mass is 412 g/mol. The Morgan fingerprint density at radius 3 is 2.65 bits per heavy atom. The van der Waals surface area contributed by atoms with Crippen molar-refractivity contribution in [3.63, 3.8) is 0 Å². The number of β-lactam (4-membered cyclic amide) rings is 1. The SMILES string of the molecule is CC(=O)OCC1=C(C(=O)O)N2C(=O)[C@H](NC(=S)CCC(F)(F)F)[C@H]2SC1. The first kappa shape index (κ1) is 20.5. The van der Waals surface area contributed by atoms with Crippen LogP contribution in [-0.4, -0.2) is 62.8 Å². The van der Waals surface area contributed by atoms with Gasteiger partial charge < -0.3 is 15.2 Å². The maximum Gasteiger partial charge on any atom is 0.389 e. The molecule has 2 atom stereocenters. The van der Waals surface area contributed by atoms with Crippen LogP contribution in [0.3, 0.4) is 0 Å². The molecule has 2 rings (SSSR count). The van der Waals surface area contributed by atoms with Crippen molar-refractivity contribution >= 4 is 46.8 Å². The minimum atomic E-state index is -4.36. The zero-order valence-electron chi connectivity index (χ0n) is 13.5. The molecule has 1 saturated heterocycles. The Labute approximate surface area is 155 Å². The van der Waals surface area contributed by atoms with Crippen molar-refractivity contribution in [1.29, 1.82) is 0 Å². The van der Waals surface area contributed by atoms with E-state index in [9.17, 15) is 32.7 Å². The normalized spacial score (nSPS) is 22.5. The topological polar surface area (TPSA) is 95.9 Å². The highest BCUT2D eigenvalue weighted by Crippen LogP contribution is 2.40. The van der Waals surface area contributed by atoms with Crippen molar-refractivity contribution in [3.8, 4) is 0 Å². The molecule has 0 radical (unpaired) electrons. The number of ether oxygens (including phenoxy) is 1. The van der Waals surface area contributed by atoms with Gasteiger partial charge in [-0.1, -0.05) is 12.2 Å². The van der Waals surface area contributed by atoms with Crippen LogP contribution in [0.25, 0.3) is 0 Å². The first-order valence-corrected chi connectivity index (χ1v) is 8.86. The number of thioether (sulfide) groups is 1. The number of carbonyl (C=O) groups excluding carboxylic acids is 2. The van der Waals surface area contributed by atoms with Gasteiger partial charge >= 0.3 is 18.1 Å². The predicted molar refractivity (Wildman–Crippen MR) is 89.2 cm³/mol. The van der Waals surface area contributed by atoms with E-state index in [2.05, 4.69) is 5.32 Å². The molecule has 0 aromatic heterocycles. The summed E-state index contributed by atoms with van der Waals surface area (Å²) in [4.78, 5) is 35.7. The van der Waals surface area contributed by atoms with Gasteiger partial charge in [0.1, 0.15) is 23.7 Å². The Kier molecular flexibility index (Phi) is 6.17. The lowest BCUT2D eigenvalue weighted by molar-refractivity contribution is -0.149. The summed E-state index contributed by atoms with van der Waals surface area (Å²) in [6.45, 7) is 0.930. The average molecular weight is 412 g/mol. The van der Waals surface area contributed by atoms with E-state index in [1.165, 1.54) is 18.7 Å². The smallest absolute Gasteiger partial charge is 0.389 e. The third-order valence-corrected chi connectivity index (χ3v) is 5.31. The van der Waals surface area contributed by atoms with E-state index in [1.807, 2.05) is 0 Å². The molecule has 0 aromatic rings. The van der Waals surface area contributed by atoms with Crippen LogP contribution in [0.15, 0.2) is 11.3 Å². The Morgan fingerprint density at radius 1 is 1.46 bits per heavy atom. The molecule has 0 saturated carbocycles. The van der Waals surface area contributed by atoms with Gasteiger partial charge in [0.05, 0.1) is 4.99 Å². The highest BCUT2D eigenvalue weighted by molar-refractivity contribution is 8.00. The number of fused-ring (bicyclic) bond motifs is 1. The fourth-order valence-electron chi connectivity index (χ4n) is 2.48. The molecular weight excluding hydrogens is 397 g/mol. The molecule has 1 fully saturated rings. The number of rotatable bonds is 6. The van der Waals surface area contributed by atoms with Gasteiger partial charge in [-0.2, -0.15) is 13.2 Å². The number of nitrogens with zero attached hydrogens (tertiary/aromatic N) is 1. The summed E-state index contributed by atoms with van der Waals surface area (Å²) in [5.74, 6) is -2.33. The molecule has 26 heavy (non-hydrogen) atoms. The maximum absolute atomic E-state index is 12.3. The number of carbonyl (C=O) groups is 3. The van der Waals surface area contributed by atoms with Gasteiger partial charge in [-0.3, -0.25) is 14.5 Å². The minimum absolute atomic E-state index is 0.104. The Balaban J connectivity index is 2.05. The van der Waals surface area contributed by atoms with Gasteiger partial charge in [0.2, 0.25) is 0 Å². The lowest BCUT2D eigenvalue weighted by atomic mass is 10.0. The summed E-state index contributed by atoms with van der Waals surface area (Å²) in [6, 6.07) is -0.884. The van der Waals surface area contributed by atoms with Gasteiger partial charge in [0.25, 0.3) is 5.91 Å². The number of halogens is 3. The summed E-state index contributed by atoms with van der Waals surface area (Å²) < 4.78 is 41.5. The van der Waals surface area contributed by atoms with Crippen LogP contribution in [0, 0.1) is 0 Å². The van der Waals surface area contributed by atoms with Crippen LogP contribution in [0.4, 0.5) is 13.2 Å². The fraction of sp³-hybridized carbons (Fsp3) is 0.571. The Hall–Kier alpha value is -1.82. The molecule has 7 nitrogen and oxygen atoms in total. The minimum Gasteiger partial charge on any atom is -0.477 e. The zero-order chi connectivity index (χ0) is 19.6. The average Bonchev–Trinajstić information content (AvgIpc) is 2.54. The molecule has 2 aliphatic rings. The first-order chi connectivity index (χ1) is 12.0. The summed E-state index contributed by atoms with van der Waals surface area (Å²) in [7, 11) is 0. The molecule has 2 aliphatic heterocycles.